The lowest BCUT2D eigenvalue weighted by Gasteiger charge is -2.45. The summed E-state index contributed by atoms with van der Waals surface area (Å²) in [5, 5.41) is 6.47. The lowest BCUT2D eigenvalue weighted by atomic mass is 9.58. The zero-order valence-electron chi connectivity index (χ0n) is 30.4. The molecule has 1 fully saturated rings. The number of hydrogen-bond acceptors (Lipinski definition) is 3. The maximum atomic E-state index is 13.7. The third-order valence-electron chi connectivity index (χ3n) is 12.4. The van der Waals surface area contributed by atoms with Crippen molar-refractivity contribution in [3.8, 4) is 16.9 Å². The van der Waals surface area contributed by atoms with E-state index in [4.69, 9.17) is 9.47 Å². The zero-order valence-corrected chi connectivity index (χ0v) is 30.4. The molecule has 0 spiro atoms. The Hall–Kier alpha value is -4.37. The highest BCUT2D eigenvalue weighted by Gasteiger charge is 2.47. The zero-order chi connectivity index (χ0) is 34.5. The van der Waals surface area contributed by atoms with Crippen LogP contribution in [-0.4, -0.2) is 19.0 Å². The first kappa shape index (κ1) is 32.5. The lowest BCUT2D eigenvalue weighted by molar-refractivity contribution is -0.118. The maximum Gasteiger partial charge on any atom is 0.163 e. The fraction of sp³-hybridized carbons (Fsp3) is 0.396. The molecule has 4 aromatic carbocycles. The predicted molar refractivity (Wildman–Crippen MR) is 211 cm³/mol. The second-order valence-corrected chi connectivity index (χ2v) is 15.5. The number of hydrogen-bond donors (Lipinski definition) is 0. The number of allylic oxidation sites excluding steroid dienone is 7. The topological polar surface area (TPSA) is 35.5 Å². The van der Waals surface area contributed by atoms with Gasteiger partial charge in [0, 0.05) is 28.2 Å². The van der Waals surface area contributed by atoms with Crippen LogP contribution >= 0.6 is 0 Å². The van der Waals surface area contributed by atoms with Crippen LogP contribution in [0.15, 0.2) is 84.0 Å². The standard InChI is InChI=1S/C48H50O3/c1-3-5-7-9-13-24-50-40-28-37-34-18-12-11-16-30(34)26-32-20-22-35-36-23-21-33-27-31-17-15-19-39(49)42(31)38-29-41(51-25-14-10-8-6-4-2)48(46(36)44(33)38)47(40)45(35)43(32)37/h11-12,15-23,28-29,38,42,44H,3-10,13-14,24-27H2,1-2H3. The number of carbonyl (C=O) groups excluding carboxylic acids is 1. The van der Waals surface area contributed by atoms with Gasteiger partial charge in [0.1, 0.15) is 11.5 Å². The van der Waals surface area contributed by atoms with Crippen LogP contribution in [0.2, 0.25) is 0 Å². The summed E-state index contributed by atoms with van der Waals surface area (Å²) in [6.07, 6.45) is 26.8. The fourth-order valence-electron chi connectivity index (χ4n) is 10.00. The van der Waals surface area contributed by atoms with Crippen molar-refractivity contribution >= 4 is 39.2 Å². The van der Waals surface area contributed by atoms with Crippen LogP contribution in [0.1, 0.15) is 113 Å². The molecule has 0 heterocycles. The van der Waals surface area contributed by atoms with Gasteiger partial charge in [0.2, 0.25) is 0 Å². The van der Waals surface area contributed by atoms with Crippen molar-refractivity contribution in [1.29, 1.82) is 0 Å². The minimum Gasteiger partial charge on any atom is -0.493 e. The molecule has 5 aliphatic rings. The normalized spacial score (nSPS) is 20.6. The molecule has 0 amide bonds. The van der Waals surface area contributed by atoms with Crippen molar-refractivity contribution in [1.82, 2.24) is 0 Å². The van der Waals surface area contributed by atoms with E-state index in [-0.39, 0.29) is 23.5 Å². The summed E-state index contributed by atoms with van der Waals surface area (Å²) in [5.41, 5.74) is 10.6. The molecule has 3 heteroatoms. The Bertz CT molecular complexity index is 2230. The van der Waals surface area contributed by atoms with E-state index < -0.39 is 0 Å². The van der Waals surface area contributed by atoms with Gasteiger partial charge in [0.05, 0.1) is 19.1 Å². The van der Waals surface area contributed by atoms with E-state index in [2.05, 4.69) is 80.6 Å². The van der Waals surface area contributed by atoms with Crippen LogP contribution in [0, 0.1) is 11.8 Å². The maximum absolute atomic E-state index is 13.7. The van der Waals surface area contributed by atoms with E-state index in [0.717, 1.165) is 37.2 Å². The van der Waals surface area contributed by atoms with Crippen molar-refractivity contribution in [2.24, 2.45) is 11.8 Å². The largest absolute Gasteiger partial charge is 0.493 e. The molecule has 1 saturated carbocycles. The molecular formula is C48H50O3. The highest BCUT2D eigenvalue weighted by atomic mass is 16.5. The lowest BCUT2D eigenvalue weighted by Crippen LogP contribution is -2.40. The van der Waals surface area contributed by atoms with Gasteiger partial charge in [-0.2, -0.15) is 0 Å². The summed E-state index contributed by atoms with van der Waals surface area (Å²) in [6, 6.07) is 16.0. The number of ether oxygens (including phenoxy) is 2. The Kier molecular flexibility index (Phi) is 8.70. The summed E-state index contributed by atoms with van der Waals surface area (Å²) < 4.78 is 14.0. The molecule has 0 aliphatic heterocycles. The summed E-state index contributed by atoms with van der Waals surface area (Å²) in [5.74, 6) is 2.20. The van der Waals surface area contributed by atoms with E-state index in [1.165, 1.54) is 123 Å². The van der Waals surface area contributed by atoms with Crippen LogP contribution in [0.25, 0.3) is 44.5 Å². The van der Waals surface area contributed by atoms with E-state index >= 15 is 0 Å². The van der Waals surface area contributed by atoms with Crippen molar-refractivity contribution in [2.75, 3.05) is 13.2 Å². The smallest absolute Gasteiger partial charge is 0.163 e. The third kappa shape index (κ3) is 5.42. The van der Waals surface area contributed by atoms with Gasteiger partial charge in [-0.25, -0.2) is 0 Å². The summed E-state index contributed by atoms with van der Waals surface area (Å²) in [6.45, 7) is 5.92. The van der Waals surface area contributed by atoms with Crippen molar-refractivity contribution < 1.29 is 14.3 Å². The van der Waals surface area contributed by atoms with Gasteiger partial charge in [0.15, 0.2) is 5.78 Å². The number of ketones is 1. The Morgan fingerprint density at radius 1 is 0.686 bits per heavy atom. The predicted octanol–water partition coefficient (Wildman–Crippen LogP) is 11.5. The first-order valence-electron chi connectivity index (χ1n) is 19.9. The molecule has 3 nitrogen and oxygen atoms in total. The van der Waals surface area contributed by atoms with Gasteiger partial charge >= 0.3 is 0 Å². The molecule has 0 bridgehead atoms. The number of rotatable bonds is 14. The molecule has 9 rings (SSSR count). The van der Waals surface area contributed by atoms with Crippen molar-refractivity contribution in [3.63, 3.8) is 0 Å². The average Bonchev–Trinajstić information content (AvgIpc) is 3.15. The minimum atomic E-state index is -0.138. The Morgan fingerprint density at radius 3 is 2.27 bits per heavy atom. The van der Waals surface area contributed by atoms with E-state index in [1.54, 1.807) is 6.08 Å². The SMILES string of the molecule is CCCCCCCOC1=CC2C3C(=O)C=CC=C3CC3=CC=c4c(c1c1c(OCCCCCCC)cc5c6c(ccc4c61)Cc1ccccc1-5)C32. The first-order chi connectivity index (χ1) is 25.2. The molecule has 4 aromatic rings. The molecular weight excluding hydrogens is 625 g/mol. The van der Waals surface area contributed by atoms with E-state index in [0.29, 0.717) is 13.2 Å². The Morgan fingerprint density at radius 2 is 1.45 bits per heavy atom. The number of carbonyl (C=O) groups is 1. The Labute approximate surface area is 302 Å². The van der Waals surface area contributed by atoms with Crippen LogP contribution in [0.5, 0.6) is 5.75 Å². The highest BCUT2D eigenvalue weighted by Crippen LogP contribution is 2.57. The first-order valence-corrected chi connectivity index (χ1v) is 19.9. The van der Waals surface area contributed by atoms with Gasteiger partial charge in [-0.05, 0) is 87.7 Å². The Balaban J connectivity index is 1.28. The van der Waals surface area contributed by atoms with Crippen LogP contribution in [-0.2, 0) is 16.0 Å². The molecule has 3 atom stereocenters. The molecule has 5 aliphatic carbocycles. The molecule has 0 radical (unpaired) electrons. The summed E-state index contributed by atoms with van der Waals surface area (Å²) >= 11 is 0. The molecule has 51 heavy (non-hydrogen) atoms. The second-order valence-electron chi connectivity index (χ2n) is 15.5. The minimum absolute atomic E-state index is 0.0375. The van der Waals surface area contributed by atoms with Crippen LogP contribution in [0.4, 0.5) is 0 Å². The monoisotopic (exact) mass is 674 g/mol. The van der Waals surface area contributed by atoms with Gasteiger partial charge in [-0.3, -0.25) is 4.79 Å². The number of fused-ring (bicyclic) bond motifs is 6. The summed E-state index contributed by atoms with van der Waals surface area (Å²) in [4.78, 5) is 13.7. The van der Waals surface area contributed by atoms with E-state index in [1.807, 2.05) is 6.08 Å². The molecule has 0 aromatic heterocycles. The summed E-state index contributed by atoms with van der Waals surface area (Å²) in [7, 11) is 0. The quantitative estimate of drug-likeness (QED) is 0.110. The van der Waals surface area contributed by atoms with Gasteiger partial charge in [0.25, 0.3) is 0 Å². The molecule has 0 N–H and O–H groups in total. The highest BCUT2D eigenvalue weighted by molar-refractivity contribution is 6.22. The van der Waals surface area contributed by atoms with Gasteiger partial charge in [-0.15, -0.1) is 0 Å². The average molecular weight is 675 g/mol. The van der Waals surface area contributed by atoms with Crippen molar-refractivity contribution in [2.45, 2.75) is 96.8 Å². The van der Waals surface area contributed by atoms with Crippen LogP contribution < -0.4 is 9.96 Å². The fourth-order valence-corrected chi connectivity index (χ4v) is 10.00. The van der Waals surface area contributed by atoms with Gasteiger partial charge < -0.3 is 9.47 Å². The second kappa shape index (κ2) is 13.6. The van der Waals surface area contributed by atoms with Crippen molar-refractivity contribution in [3.05, 3.63) is 111 Å². The molecule has 3 unspecified atom stereocenters. The van der Waals surface area contributed by atoms with E-state index in [9.17, 15) is 4.79 Å². The number of benzene rings is 4. The van der Waals surface area contributed by atoms with Gasteiger partial charge in [-0.1, -0.05) is 137 Å². The molecule has 0 saturated heterocycles. The number of unbranched alkanes of at least 4 members (excludes halogenated alkanes) is 8. The van der Waals surface area contributed by atoms with Crippen LogP contribution in [0.3, 0.4) is 0 Å². The molecule has 260 valence electrons. The third-order valence-corrected chi connectivity index (χ3v) is 12.4.